The van der Waals surface area contributed by atoms with Gasteiger partial charge in [0.05, 0.1) is 23.4 Å². The number of fused-ring (bicyclic) bond motifs is 3. The molecule has 126 valence electrons. The Morgan fingerprint density at radius 1 is 1.22 bits per heavy atom. The lowest BCUT2D eigenvalue weighted by Crippen LogP contribution is -2.54. The Hall–Kier alpha value is -1.28. The smallest absolute Gasteiger partial charge is 0.0989 e. The molecule has 0 spiro atoms. The maximum atomic E-state index is 10.6. The van der Waals surface area contributed by atoms with Crippen LogP contribution in [0.1, 0.15) is 53.4 Å². The molecule has 0 saturated carbocycles. The average Bonchev–Trinajstić information content (AvgIpc) is 2.48. The largest absolute Gasteiger partial charge is 0.512 e. The molecule has 2 nitrogen and oxygen atoms in total. The molecule has 0 aromatic carbocycles. The van der Waals surface area contributed by atoms with E-state index in [4.69, 9.17) is 4.74 Å². The van der Waals surface area contributed by atoms with Gasteiger partial charge in [0.15, 0.2) is 0 Å². The number of aliphatic hydroxyl groups excluding tert-OH is 1. The highest BCUT2D eigenvalue weighted by atomic mass is 16.5. The third-order valence-electron chi connectivity index (χ3n) is 5.65. The first-order chi connectivity index (χ1) is 10.9. The third-order valence-corrected chi connectivity index (χ3v) is 5.65. The molecule has 2 aliphatic carbocycles. The highest BCUT2D eigenvalue weighted by Gasteiger charge is 2.51. The number of hydrogen-bond donors (Lipinski definition) is 1. The Bertz CT molecular complexity index is 577. The molecule has 0 unspecified atom stereocenters. The number of aliphatic hydroxyl groups is 1. The molecule has 3 rings (SSSR count). The zero-order valence-electron chi connectivity index (χ0n) is 14.9. The number of unbranched alkanes of at least 4 members (excludes halogenated alkanes) is 2. The zero-order chi connectivity index (χ0) is 16.6. The summed E-state index contributed by atoms with van der Waals surface area (Å²) in [6.45, 7) is 8.76. The van der Waals surface area contributed by atoms with Crippen molar-refractivity contribution in [3.05, 3.63) is 47.3 Å². The molecule has 4 atom stereocenters. The molecule has 0 radical (unpaired) electrons. The topological polar surface area (TPSA) is 29.5 Å². The van der Waals surface area contributed by atoms with E-state index in [1.165, 1.54) is 30.4 Å². The maximum absolute atomic E-state index is 10.6. The van der Waals surface area contributed by atoms with Crippen molar-refractivity contribution in [1.82, 2.24) is 0 Å². The van der Waals surface area contributed by atoms with Crippen LogP contribution in [0, 0.1) is 17.8 Å². The number of rotatable bonds is 4. The monoisotopic (exact) mass is 314 g/mol. The van der Waals surface area contributed by atoms with Crippen LogP contribution in [0.3, 0.4) is 0 Å². The van der Waals surface area contributed by atoms with Gasteiger partial charge in [-0.25, -0.2) is 0 Å². The fourth-order valence-electron chi connectivity index (χ4n) is 4.41. The van der Waals surface area contributed by atoms with E-state index < -0.39 is 0 Å². The quantitative estimate of drug-likeness (QED) is 0.695. The van der Waals surface area contributed by atoms with Crippen LogP contribution < -0.4 is 0 Å². The standard InChI is InChI=1S/C21H30O2/c1-5-6-7-8-15-10-12-18(22)19-16-13-14(2)9-11-17(16)21(3,4)23-20(15)19/h9-13,16-17,19-20,22H,5-8H2,1-4H3/t16-,17+,19-,20-/m1/s1. The second-order valence-electron chi connectivity index (χ2n) is 7.83. The number of ether oxygens (including phenoxy) is 1. The molecule has 0 aromatic heterocycles. The van der Waals surface area contributed by atoms with Crippen LogP contribution in [0.15, 0.2) is 47.3 Å². The summed E-state index contributed by atoms with van der Waals surface area (Å²) < 4.78 is 6.55. The summed E-state index contributed by atoms with van der Waals surface area (Å²) in [5, 5.41) is 10.6. The molecule has 0 bridgehead atoms. The zero-order valence-corrected chi connectivity index (χ0v) is 14.9. The van der Waals surface area contributed by atoms with Crippen molar-refractivity contribution in [1.29, 1.82) is 0 Å². The van der Waals surface area contributed by atoms with E-state index in [1.807, 2.05) is 6.08 Å². The Kier molecular flexibility index (Phi) is 4.55. The van der Waals surface area contributed by atoms with Crippen molar-refractivity contribution >= 4 is 0 Å². The van der Waals surface area contributed by atoms with E-state index in [0.717, 1.165) is 6.42 Å². The van der Waals surface area contributed by atoms with Gasteiger partial charge in [-0.3, -0.25) is 0 Å². The molecule has 2 heteroatoms. The average molecular weight is 314 g/mol. The first-order valence-corrected chi connectivity index (χ1v) is 9.08. The molecule has 1 fully saturated rings. The predicted octanol–water partition coefficient (Wildman–Crippen LogP) is 5.49. The summed E-state index contributed by atoms with van der Waals surface area (Å²) >= 11 is 0. The summed E-state index contributed by atoms with van der Waals surface area (Å²) in [6.07, 6.45) is 15.6. The van der Waals surface area contributed by atoms with Gasteiger partial charge in [0, 0.05) is 5.92 Å². The van der Waals surface area contributed by atoms with E-state index >= 15 is 0 Å². The Morgan fingerprint density at radius 3 is 2.74 bits per heavy atom. The summed E-state index contributed by atoms with van der Waals surface area (Å²) in [4.78, 5) is 0. The minimum Gasteiger partial charge on any atom is -0.512 e. The summed E-state index contributed by atoms with van der Waals surface area (Å²) in [7, 11) is 0. The van der Waals surface area contributed by atoms with Crippen LogP contribution in [0.2, 0.25) is 0 Å². The molecule has 23 heavy (non-hydrogen) atoms. The highest BCUT2D eigenvalue weighted by molar-refractivity contribution is 5.35. The van der Waals surface area contributed by atoms with Gasteiger partial charge in [-0.05, 0) is 51.2 Å². The fourth-order valence-corrected chi connectivity index (χ4v) is 4.41. The van der Waals surface area contributed by atoms with E-state index in [2.05, 4.69) is 52.0 Å². The van der Waals surface area contributed by atoms with Crippen molar-refractivity contribution in [3.63, 3.8) is 0 Å². The van der Waals surface area contributed by atoms with E-state index in [0.29, 0.717) is 17.6 Å². The van der Waals surface area contributed by atoms with E-state index in [-0.39, 0.29) is 17.6 Å². The van der Waals surface area contributed by atoms with Gasteiger partial charge >= 0.3 is 0 Å². The summed E-state index contributed by atoms with van der Waals surface area (Å²) in [5.74, 6) is 1.19. The van der Waals surface area contributed by atoms with E-state index in [1.54, 1.807) is 0 Å². The first kappa shape index (κ1) is 16.6. The van der Waals surface area contributed by atoms with Crippen LogP contribution in [-0.2, 0) is 4.74 Å². The maximum Gasteiger partial charge on any atom is 0.0989 e. The molecular formula is C21H30O2. The second kappa shape index (κ2) is 6.32. The molecule has 1 heterocycles. The Labute approximate surface area is 140 Å². The van der Waals surface area contributed by atoms with Crippen LogP contribution in [0.4, 0.5) is 0 Å². The lowest BCUT2D eigenvalue weighted by atomic mass is 9.64. The van der Waals surface area contributed by atoms with Gasteiger partial charge in [0.2, 0.25) is 0 Å². The Morgan fingerprint density at radius 2 is 2.00 bits per heavy atom. The SMILES string of the molecule is CCCCCC1=CC=C(O)[C@H]2[C@@H]3C=C(C)C=C[C@@H]3C(C)(C)O[C@H]12. The fraction of sp³-hybridized carbons (Fsp3) is 0.619. The molecule has 0 amide bonds. The number of allylic oxidation sites excluding steroid dienone is 5. The van der Waals surface area contributed by atoms with Crippen molar-refractivity contribution in [2.45, 2.75) is 65.1 Å². The van der Waals surface area contributed by atoms with Crippen LogP contribution in [0.25, 0.3) is 0 Å². The van der Waals surface area contributed by atoms with Gasteiger partial charge in [-0.15, -0.1) is 0 Å². The molecule has 1 saturated heterocycles. The van der Waals surface area contributed by atoms with Crippen LogP contribution in [0.5, 0.6) is 0 Å². The minimum atomic E-state index is -0.207. The first-order valence-electron chi connectivity index (χ1n) is 9.08. The highest BCUT2D eigenvalue weighted by Crippen LogP contribution is 2.50. The predicted molar refractivity (Wildman–Crippen MR) is 95.3 cm³/mol. The molecular weight excluding hydrogens is 284 g/mol. The summed E-state index contributed by atoms with van der Waals surface area (Å²) in [6, 6.07) is 0. The van der Waals surface area contributed by atoms with Crippen molar-refractivity contribution < 1.29 is 9.84 Å². The lowest BCUT2D eigenvalue weighted by Gasteiger charge is -2.52. The van der Waals surface area contributed by atoms with Gasteiger partial charge in [-0.2, -0.15) is 0 Å². The second-order valence-corrected chi connectivity index (χ2v) is 7.83. The molecule has 3 aliphatic rings. The van der Waals surface area contributed by atoms with Crippen LogP contribution in [-0.4, -0.2) is 16.8 Å². The van der Waals surface area contributed by atoms with Crippen molar-refractivity contribution in [2.24, 2.45) is 17.8 Å². The van der Waals surface area contributed by atoms with Gasteiger partial charge in [0.25, 0.3) is 0 Å². The third kappa shape index (κ3) is 3.06. The Balaban J connectivity index is 1.91. The van der Waals surface area contributed by atoms with Crippen LogP contribution >= 0.6 is 0 Å². The van der Waals surface area contributed by atoms with Crippen molar-refractivity contribution in [3.8, 4) is 0 Å². The lowest BCUT2D eigenvalue weighted by molar-refractivity contribution is -0.159. The number of hydrogen-bond acceptors (Lipinski definition) is 2. The van der Waals surface area contributed by atoms with Gasteiger partial charge in [0.1, 0.15) is 0 Å². The minimum absolute atomic E-state index is 0.0173. The molecule has 1 N–H and O–H groups in total. The van der Waals surface area contributed by atoms with Crippen molar-refractivity contribution in [2.75, 3.05) is 0 Å². The molecule has 1 aliphatic heterocycles. The van der Waals surface area contributed by atoms with E-state index in [9.17, 15) is 5.11 Å². The normalized spacial score (nSPS) is 34.9. The van der Waals surface area contributed by atoms with Gasteiger partial charge in [-0.1, -0.05) is 49.6 Å². The van der Waals surface area contributed by atoms with Gasteiger partial charge < -0.3 is 9.84 Å². The summed E-state index contributed by atoms with van der Waals surface area (Å²) in [5.41, 5.74) is 2.44. The molecule has 0 aromatic rings.